The highest BCUT2D eigenvalue weighted by molar-refractivity contribution is 5.77. The molecule has 0 saturated carbocycles. The molecular formula is C17H21FN2O3. The normalized spacial score (nSPS) is 24.0. The second-order valence-corrected chi connectivity index (χ2v) is 6.36. The second kappa shape index (κ2) is 6.56. The molecule has 1 heterocycles. The molecule has 0 bridgehead atoms. The molecule has 6 heteroatoms. The fraction of sp³-hybridized carbons (Fsp3) is 0.529. The number of halogens is 1. The Labute approximate surface area is 134 Å². The maximum Gasteiger partial charge on any atom is 0.317 e. The molecule has 0 aromatic heterocycles. The fourth-order valence-electron chi connectivity index (χ4n) is 3.54. The summed E-state index contributed by atoms with van der Waals surface area (Å²) < 4.78 is 13.3. The van der Waals surface area contributed by atoms with E-state index in [9.17, 15) is 14.0 Å². The molecule has 1 saturated heterocycles. The third-order valence-electron chi connectivity index (χ3n) is 4.77. The van der Waals surface area contributed by atoms with Crippen molar-refractivity contribution in [1.29, 1.82) is 0 Å². The number of urea groups is 1. The molecule has 124 valence electrons. The van der Waals surface area contributed by atoms with Gasteiger partial charge >= 0.3 is 12.0 Å². The number of carbonyl (C=O) groups excluding carboxylic acids is 1. The van der Waals surface area contributed by atoms with Crippen molar-refractivity contribution in [1.82, 2.24) is 10.2 Å². The summed E-state index contributed by atoms with van der Waals surface area (Å²) in [6.45, 7) is 0.836. The van der Waals surface area contributed by atoms with Gasteiger partial charge in [0.15, 0.2) is 0 Å². The minimum atomic E-state index is -0.846. The number of nitrogens with one attached hydrogen (secondary N) is 1. The first kappa shape index (κ1) is 15.8. The van der Waals surface area contributed by atoms with Crippen LogP contribution in [0.2, 0.25) is 0 Å². The van der Waals surface area contributed by atoms with Crippen molar-refractivity contribution in [3.8, 4) is 0 Å². The van der Waals surface area contributed by atoms with E-state index in [1.54, 1.807) is 11.0 Å². The predicted octanol–water partition coefficient (Wildman–Crippen LogP) is 2.71. The van der Waals surface area contributed by atoms with Crippen LogP contribution in [0.1, 0.15) is 42.9 Å². The molecule has 5 nitrogen and oxygen atoms in total. The molecule has 1 aliphatic carbocycles. The standard InChI is InChI=1S/C17H21FN2O3/c18-13-6-7-14-11(9-13)3-1-5-15(14)19-17(23)20-8-2-4-12(10-20)16(21)22/h6-7,9,12,15H,1-5,8,10H2,(H,19,23)(H,21,22). The van der Waals surface area contributed by atoms with Crippen LogP contribution in [0.3, 0.4) is 0 Å². The van der Waals surface area contributed by atoms with Crippen LogP contribution in [-0.2, 0) is 11.2 Å². The van der Waals surface area contributed by atoms with Crippen molar-refractivity contribution >= 4 is 12.0 Å². The number of rotatable bonds is 2. The van der Waals surface area contributed by atoms with Crippen molar-refractivity contribution in [2.75, 3.05) is 13.1 Å². The number of carboxylic acid groups (broad SMARTS) is 1. The van der Waals surface area contributed by atoms with Crippen LogP contribution in [0.4, 0.5) is 9.18 Å². The molecule has 1 aromatic carbocycles. The number of carbonyl (C=O) groups is 2. The van der Waals surface area contributed by atoms with Gasteiger partial charge in [-0.15, -0.1) is 0 Å². The van der Waals surface area contributed by atoms with Gasteiger partial charge in [0.1, 0.15) is 5.82 Å². The monoisotopic (exact) mass is 320 g/mol. The molecule has 1 aromatic rings. The summed E-state index contributed by atoms with van der Waals surface area (Å²) in [5.74, 6) is -1.58. The number of carboxylic acids is 1. The van der Waals surface area contributed by atoms with Crippen LogP contribution >= 0.6 is 0 Å². The number of hydrogen-bond acceptors (Lipinski definition) is 2. The SMILES string of the molecule is O=C(O)C1CCCN(C(=O)NC2CCCc3cc(F)ccc32)C1. The number of aliphatic carboxylic acids is 1. The molecule has 2 atom stereocenters. The third kappa shape index (κ3) is 3.46. The maximum absolute atomic E-state index is 13.3. The average molecular weight is 320 g/mol. The molecule has 2 N–H and O–H groups in total. The summed E-state index contributed by atoms with van der Waals surface area (Å²) in [6.07, 6.45) is 3.87. The Kier molecular flexibility index (Phi) is 4.50. The molecule has 23 heavy (non-hydrogen) atoms. The molecule has 3 rings (SSSR count). The number of nitrogens with zero attached hydrogens (tertiary/aromatic N) is 1. The van der Waals surface area contributed by atoms with Gasteiger partial charge in [0.2, 0.25) is 0 Å². The molecule has 0 radical (unpaired) electrons. The van der Waals surface area contributed by atoms with Gasteiger partial charge in [-0.25, -0.2) is 9.18 Å². The van der Waals surface area contributed by atoms with Crippen molar-refractivity contribution in [3.05, 3.63) is 35.1 Å². The first-order valence-corrected chi connectivity index (χ1v) is 8.11. The summed E-state index contributed by atoms with van der Waals surface area (Å²) in [5, 5.41) is 12.1. The van der Waals surface area contributed by atoms with E-state index in [0.717, 1.165) is 30.4 Å². The van der Waals surface area contributed by atoms with Crippen LogP contribution in [0.15, 0.2) is 18.2 Å². The minimum absolute atomic E-state index is 0.128. The minimum Gasteiger partial charge on any atom is -0.481 e. The number of likely N-dealkylation sites (tertiary alicyclic amines) is 1. The van der Waals surface area contributed by atoms with Crippen LogP contribution in [-0.4, -0.2) is 35.1 Å². The van der Waals surface area contributed by atoms with E-state index >= 15 is 0 Å². The number of benzene rings is 1. The van der Waals surface area contributed by atoms with Gasteiger partial charge in [0.25, 0.3) is 0 Å². The number of fused-ring (bicyclic) bond motifs is 1. The van der Waals surface area contributed by atoms with Gasteiger partial charge in [-0.05, 0) is 55.4 Å². The Bertz CT molecular complexity index is 620. The van der Waals surface area contributed by atoms with Crippen LogP contribution in [0.25, 0.3) is 0 Å². The maximum atomic E-state index is 13.3. The van der Waals surface area contributed by atoms with E-state index in [1.165, 1.54) is 12.1 Å². The Morgan fingerprint density at radius 3 is 2.87 bits per heavy atom. The van der Waals surface area contributed by atoms with E-state index in [4.69, 9.17) is 5.11 Å². The van der Waals surface area contributed by atoms with Gasteiger partial charge < -0.3 is 15.3 Å². The van der Waals surface area contributed by atoms with Gasteiger partial charge in [-0.2, -0.15) is 0 Å². The van der Waals surface area contributed by atoms with Crippen molar-refractivity contribution in [2.45, 2.75) is 38.1 Å². The Hall–Kier alpha value is -2.11. The zero-order valence-corrected chi connectivity index (χ0v) is 12.9. The topological polar surface area (TPSA) is 69.6 Å². The van der Waals surface area contributed by atoms with Gasteiger partial charge in [0, 0.05) is 13.1 Å². The molecule has 2 amide bonds. The highest BCUT2D eigenvalue weighted by atomic mass is 19.1. The first-order valence-electron chi connectivity index (χ1n) is 8.11. The highest BCUT2D eigenvalue weighted by Gasteiger charge is 2.30. The first-order chi connectivity index (χ1) is 11.0. The highest BCUT2D eigenvalue weighted by Crippen LogP contribution is 2.30. The van der Waals surface area contributed by atoms with Crippen LogP contribution in [0.5, 0.6) is 0 Å². The second-order valence-electron chi connectivity index (χ2n) is 6.36. The smallest absolute Gasteiger partial charge is 0.317 e. The zero-order chi connectivity index (χ0) is 16.4. The molecule has 2 aliphatic rings. The number of aryl methyl sites for hydroxylation is 1. The van der Waals surface area contributed by atoms with Gasteiger partial charge in [0.05, 0.1) is 12.0 Å². The summed E-state index contributed by atoms with van der Waals surface area (Å²) in [6, 6.07) is 4.35. The van der Waals surface area contributed by atoms with Gasteiger partial charge in [-0.3, -0.25) is 4.79 Å². The Balaban J connectivity index is 1.68. The lowest BCUT2D eigenvalue weighted by atomic mass is 9.87. The lowest BCUT2D eigenvalue weighted by Crippen LogP contribution is -2.48. The summed E-state index contributed by atoms with van der Waals surface area (Å²) in [4.78, 5) is 25.2. The van der Waals surface area contributed by atoms with E-state index in [-0.39, 0.29) is 24.4 Å². The van der Waals surface area contributed by atoms with Crippen molar-refractivity contribution in [2.24, 2.45) is 5.92 Å². The van der Waals surface area contributed by atoms with Crippen molar-refractivity contribution in [3.63, 3.8) is 0 Å². The van der Waals surface area contributed by atoms with Crippen LogP contribution in [0, 0.1) is 11.7 Å². The van der Waals surface area contributed by atoms with E-state index in [2.05, 4.69) is 5.32 Å². The zero-order valence-electron chi connectivity index (χ0n) is 12.9. The molecule has 1 fully saturated rings. The van der Waals surface area contributed by atoms with E-state index in [1.807, 2.05) is 0 Å². The largest absolute Gasteiger partial charge is 0.481 e. The number of hydrogen-bond donors (Lipinski definition) is 2. The number of piperidine rings is 1. The van der Waals surface area contributed by atoms with Crippen LogP contribution < -0.4 is 5.32 Å². The lowest BCUT2D eigenvalue weighted by molar-refractivity contribution is -0.143. The fourth-order valence-corrected chi connectivity index (χ4v) is 3.54. The molecule has 0 spiro atoms. The lowest BCUT2D eigenvalue weighted by Gasteiger charge is -2.33. The van der Waals surface area contributed by atoms with Crippen molar-refractivity contribution < 1.29 is 19.1 Å². The Morgan fingerprint density at radius 2 is 2.09 bits per heavy atom. The predicted molar refractivity (Wildman–Crippen MR) is 82.5 cm³/mol. The quantitative estimate of drug-likeness (QED) is 0.880. The molecule has 1 aliphatic heterocycles. The average Bonchev–Trinajstić information content (AvgIpc) is 2.54. The van der Waals surface area contributed by atoms with Gasteiger partial charge in [-0.1, -0.05) is 6.07 Å². The summed E-state index contributed by atoms with van der Waals surface area (Å²) >= 11 is 0. The molecular weight excluding hydrogens is 299 g/mol. The summed E-state index contributed by atoms with van der Waals surface area (Å²) in [7, 11) is 0. The molecule has 2 unspecified atom stereocenters. The number of amides is 2. The Morgan fingerprint density at radius 1 is 1.26 bits per heavy atom. The third-order valence-corrected chi connectivity index (χ3v) is 4.77. The van der Waals surface area contributed by atoms with E-state index < -0.39 is 11.9 Å². The summed E-state index contributed by atoms with van der Waals surface area (Å²) in [5.41, 5.74) is 1.92. The van der Waals surface area contributed by atoms with E-state index in [0.29, 0.717) is 19.4 Å².